The van der Waals surface area contributed by atoms with Gasteiger partial charge in [-0.25, -0.2) is 4.98 Å². The van der Waals surface area contributed by atoms with Gasteiger partial charge in [0.25, 0.3) is 0 Å². The van der Waals surface area contributed by atoms with Crippen LogP contribution in [0.2, 0.25) is 0 Å². The SMILES string of the molecule is COc1cccc(COC(C)C(=O)NCc2cccnc2OC)c1. The van der Waals surface area contributed by atoms with Gasteiger partial charge in [0.1, 0.15) is 11.9 Å². The Hall–Kier alpha value is -2.60. The van der Waals surface area contributed by atoms with E-state index in [2.05, 4.69) is 10.3 Å². The maximum Gasteiger partial charge on any atom is 0.249 e. The van der Waals surface area contributed by atoms with Gasteiger partial charge in [-0.1, -0.05) is 18.2 Å². The number of aromatic nitrogens is 1. The molecule has 0 aliphatic carbocycles. The molecule has 0 spiro atoms. The van der Waals surface area contributed by atoms with Crippen LogP contribution >= 0.6 is 0 Å². The van der Waals surface area contributed by atoms with Gasteiger partial charge in [-0.2, -0.15) is 0 Å². The summed E-state index contributed by atoms with van der Waals surface area (Å²) < 4.78 is 15.9. The molecule has 128 valence electrons. The lowest BCUT2D eigenvalue weighted by Gasteiger charge is -2.14. The Morgan fingerprint density at radius 1 is 1.21 bits per heavy atom. The van der Waals surface area contributed by atoms with Crippen LogP contribution in [0, 0.1) is 0 Å². The van der Waals surface area contributed by atoms with Crippen molar-refractivity contribution in [3.63, 3.8) is 0 Å². The average molecular weight is 330 g/mol. The van der Waals surface area contributed by atoms with Gasteiger partial charge in [0.05, 0.1) is 20.8 Å². The van der Waals surface area contributed by atoms with Gasteiger partial charge in [-0.15, -0.1) is 0 Å². The summed E-state index contributed by atoms with van der Waals surface area (Å²) in [5, 5.41) is 2.82. The summed E-state index contributed by atoms with van der Waals surface area (Å²) in [6, 6.07) is 11.2. The second-order valence-electron chi connectivity index (χ2n) is 5.19. The zero-order valence-electron chi connectivity index (χ0n) is 14.1. The van der Waals surface area contributed by atoms with Crippen molar-refractivity contribution in [1.82, 2.24) is 10.3 Å². The highest BCUT2D eigenvalue weighted by molar-refractivity contribution is 5.80. The van der Waals surface area contributed by atoms with Crippen LogP contribution in [0.4, 0.5) is 0 Å². The lowest BCUT2D eigenvalue weighted by atomic mass is 10.2. The van der Waals surface area contributed by atoms with Crippen LogP contribution in [0.5, 0.6) is 11.6 Å². The molecule has 0 saturated carbocycles. The average Bonchev–Trinajstić information content (AvgIpc) is 2.64. The van der Waals surface area contributed by atoms with Crippen LogP contribution in [0.25, 0.3) is 0 Å². The fraction of sp³-hybridized carbons (Fsp3) is 0.333. The van der Waals surface area contributed by atoms with Gasteiger partial charge in [0.2, 0.25) is 11.8 Å². The number of nitrogens with one attached hydrogen (secondary N) is 1. The van der Waals surface area contributed by atoms with E-state index in [0.717, 1.165) is 16.9 Å². The van der Waals surface area contributed by atoms with E-state index in [1.807, 2.05) is 30.3 Å². The summed E-state index contributed by atoms with van der Waals surface area (Å²) in [6.07, 6.45) is 1.07. The minimum atomic E-state index is -0.570. The zero-order chi connectivity index (χ0) is 17.4. The molecule has 2 aromatic rings. The lowest BCUT2D eigenvalue weighted by molar-refractivity contribution is -0.132. The monoisotopic (exact) mass is 330 g/mol. The minimum absolute atomic E-state index is 0.191. The number of pyridine rings is 1. The molecule has 2 rings (SSSR count). The van der Waals surface area contributed by atoms with E-state index < -0.39 is 6.10 Å². The lowest BCUT2D eigenvalue weighted by Crippen LogP contribution is -2.34. The number of ether oxygens (including phenoxy) is 3. The van der Waals surface area contributed by atoms with Gasteiger partial charge in [-0.3, -0.25) is 4.79 Å². The normalized spacial score (nSPS) is 11.6. The minimum Gasteiger partial charge on any atom is -0.497 e. The topological polar surface area (TPSA) is 69.7 Å². The van der Waals surface area contributed by atoms with E-state index in [1.165, 1.54) is 0 Å². The molecule has 6 heteroatoms. The third kappa shape index (κ3) is 4.96. The van der Waals surface area contributed by atoms with Crippen molar-refractivity contribution < 1.29 is 19.0 Å². The number of carbonyl (C=O) groups excluding carboxylic acids is 1. The third-order valence-corrected chi connectivity index (χ3v) is 3.50. The standard InChI is InChI=1S/C18H22N2O4/c1-13(24-12-14-6-4-8-16(10-14)22-2)17(21)20-11-15-7-5-9-19-18(15)23-3/h4-10,13H,11-12H2,1-3H3,(H,20,21). The summed E-state index contributed by atoms with van der Waals surface area (Å²) >= 11 is 0. The smallest absolute Gasteiger partial charge is 0.249 e. The van der Waals surface area contributed by atoms with Crippen molar-refractivity contribution in [2.75, 3.05) is 14.2 Å². The molecular weight excluding hydrogens is 308 g/mol. The van der Waals surface area contributed by atoms with Crippen LogP contribution in [0.15, 0.2) is 42.6 Å². The summed E-state index contributed by atoms with van der Waals surface area (Å²) in [7, 11) is 3.16. The maximum absolute atomic E-state index is 12.1. The number of hydrogen-bond acceptors (Lipinski definition) is 5. The second-order valence-corrected chi connectivity index (χ2v) is 5.19. The molecule has 1 unspecified atom stereocenters. The molecular formula is C18H22N2O4. The molecule has 0 fully saturated rings. The van der Waals surface area contributed by atoms with Gasteiger partial charge < -0.3 is 19.5 Å². The maximum atomic E-state index is 12.1. The Kier molecular flexibility index (Phi) is 6.57. The molecule has 0 aliphatic heterocycles. The Balaban J connectivity index is 1.83. The molecule has 24 heavy (non-hydrogen) atoms. The predicted molar refractivity (Wildman–Crippen MR) is 89.9 cm³/mol. The van der Waals surface area contributed by atoms with E-state index in [-0.39, 0.29) is 5.91 Å². The first-order chi connectivity index (χ1) is 11.6. The van der Waals surface area contributed by atoms with Crippen molar-refractivity contribution in [2.45, 2.75) is 26.2 Å². The zero-order valence-corrected chi connectivity index (χ0v) is 14.1. The first-order valence-electron chi connectivity index (χ1n) is 7.64. The summed E-state index contributed by atoms with van der Waals surface area (Å²) in [5.41, 5.74) is 1.76. The highest BCUT2D eigenvalue weighted by atomic mass is 16.5. The number of amides is 1. The number of methoxy groups -OCH3 is 2. The van der Waals surface area contributed by atoms with E-state index in [0.29, 0.717) is 19.0 Å². The summed E-state index contributed by atoms with van der Waals surface area (Å²) in [5.74, 6) is 1.07. The predicted octanol–water partition coefficient (Wildman–Crippen LogP) is 2.32. The van der Waals surface area contributed by atoms with Crippen molar-refractivity contribution in [3.05, 3.63) is 53.7 Å². The molecule has 0 saturated heterocycles. The van der Waals surface area contributed by atoms with Crippen LogP contribution in [0.1, 0.15) is 18.1 Å². The fourth-order valence-electron chi connectivity index (χ4n) is 2.13. The Labute approximate surface area is 141 Å². The van der Waals surface area contributed by atoms with Gasteiger partial charge in [-0.05, 0) is 30.7 Å². The molecule has 1 atom stereocenters. The van der Waals surface area contributed by atoms with E-state index >= 15 is 0 Å². The Morgan fingerprint density at radius 3 is 2.79 bits per heavy atom. The van der Waals surface area contributed by atoms with Crippen molar-refractivity contribution in [1.29, 1.82) is 0 Å². The molecule has 1 aromatic carbocycles. The highest BCUT2D eigenvalue weighted by Gasteiger charge is 2.14. The number of hydrogen-bond donors (Lipinski definition) is 1. The summed E-state index contributed by atoms with van der Waals surface area (Å²) in [4.78, 5) is 16.2. The Morgan fingerprint density at radius 2 is 2.04 bits per heavy atom. The fourth-order valence-corrected chi connectivity index (χ4v) is 2.13. The Bertz CT molecular complexity index is 676. The van der Waals surface area contributed by atoms with Crippen molar-refractivity contribution >= 4 is 5.91 Å². The quantitative estimate of drug-likeness (QED) is 0.804. The largest absolute Gasteiger partial charge is 0.497 e. The number of rotatable bonds is 8. The molecule has 0 aliphatic rings. The first kappa shape index (κ1) is 17.7. The van der Waals surface area contributed by atoms with Crippen LogP contribution in [0.3, 0.4) is 0 Å². The number of nitrogens with zero attached hydrogens (tertiary/aromatic N) is 1. The number of carbonyl (C=O) groups is 1. The third-order valence-electron chi connectivity index (χ3n) is 3.50. The molecule has 6 nitrogen and oxygen atoms in total. The summed E-state index contributed by atoms with van der Waals surface area (Å²) in [6.45, 7) is 2.39. The van der Waals surface area contributed by atoms with Crippen LogP contribution < -0.4 is 14.8 Å². The van der Waals surface area contributed by atoms with Gasteiger partial charge >= 0.3 is 0 Å². The van der Waals surface area contributed by atoms with Gasteiger partial charge in [0, 0.05) is 18.3 Å². The second kappa shape index (κ2) is 8.88. The highest BCUT2D eigenvalue weighted by Crippen LogP contribution is 2.15. The molecule has 1 heterocycles. The van der Waals surface area contributed by atoms with Gasteiger partial charge in [0.15, 0.2) is 0 Å². The van der Waals surface area contributed by atoms with Crippen molar-refractivity contribution in [2.24, 2.45) is 0 Å². The first-order valence-corrected chi connectivity index (χ1v) is 7.64. The molecule has 1 amide bonds. The molecule has 0 radical (unpaired) electrons. The van der Waals surface area contributed by atoms with E-state index in [1.54, 1.807) is 33.4 Å². The number of benzene rings is 1. The van der Waals surface area contributed by atoms with E-state index in [4.69, 9.17) is 14.2 Å². The molecule has 0 bridgehead atoms. The van der Waals surface area contributed by atoms with Crippen LogP contribution in [-0.4, -0.2) is 31.2 Å². The van der Waals surface area contributed by atoms with Crippen LogP contribution in [-0.2, 0) is 22.7 Å². The van der Waals surface area contributed by atoms with E-state index in [9.17, 15) is 4.79 Å². The van der Waals surface area contributed by atoms with Crippen molar-refractivity contribution in [3.8, 4) is 11.6 Å². The molecule has 1 N–H and O–H groups in total. The molecule has 1 aromatic heterocycles.